The number of hydrogen-bond donors (Lipinski definition) is 2. The van der Waals surface area contributed by atoms with Crippen molar-refractivity contribution < 1.29 is 18.0 Å². The summed E-state index contributed by atoms with van der Waals surface area (Å²) < 4.78 is 22.8. The van der Waals surface area contributed by atoms with Crippen LogP contribution in [0.1, 0.15) is 24.8 Å². The van der Waals surface area contributed by atoms with Gasteiger partial charge in [0.05, 0.1) is 11.5 Å². The van der Waals surface area contributed by atoms with Gasteiger partial charge in [0, 0.05) is 31.2 Å². The minimum absolute atomic E-state index is 0.00692. The van der Waals surface area contributed by atoms with Crippen molar-refractivity contribution in [2.45, 2.75) is 31.8 Å². The second-order valence-electron chi connectivity index (χ2n) is 6.25. The molecule has 0 radical (unpaired) electrons. The number of nitrogens with one attached hydrogen (secondary N) is 2. The number of anilines is 1. The van der Waals surface area contributed by atoms with Crippen LogP contribution >= 0.6 is 0 Å². The van der Waals surface area contributed by atoms with E-state index in [0.717, 1.165) is 24.2 Å². The molecule has 0 aromatic heterocycles. The van der Waals surface area contributed by atoms with Gasteiger partial charge in [-0.1, -0.05) is 12.1 Å². The summed E-state index contributed by atoms with van der Waals surface area (Å²) >= 11 is 0. The average Bonchev–Trinajstić information content (AvgIpc) is 3.11. The molecule has 0 aliphatic carbocycles. The maximum absolute atomic E-state index is 11.9. The number of hydrogen-bond acceptors (Lipinski definition) is 4. The Bertz CT molecular complexity index is 747. The Hall–Kier alpha value is -2.09. The molecule has 2 saturated heterocycles. The first-order valence-electron chi connectivity index (χ1n) is 8.07. The first-order valence-corrected chi connectivity index (χ1v) is 9.89. The summed E-state index contributed by atoms with van der Waals surface area (Å²) in [7, 11) is -3.01. The van der Waals surface area contributed by atoms with E-state index in [1.54, 1.807) is 4.90 Å². The van der Waals surface area contributed by atoms with Gasteiger partial charge in [0.1, 0.15) is 0 Å². The summed E-state index contributed by atoms with van der Waals surface area (Å²) in [5.41, 5.74) is 1.74. The fraction of sp³-hybridized carbons (Fsp3) is 0.500. The second-order valence-corrected chi connectivity index (χ2v) is 8.47. The maximum atomic E-state index is 11.9. The second kappa shape index (κ2) is 6.80. The molecule has 1 unspecified atom stereocenters. The molecule has 2 aliphatic heterocycles. The van der Waals surface area contributed by atoms with E-state index in [4.69, 9.17) is 0 Å². The lowest BCUT2D eigenvalue weighted by atomic mass is 10.2. The highest BCUT2D eigenvalue weighted by atomic mass is 32.2. The molecule has 1 aromatic rings. The Morgan fingerprint density at radius 2 is 2.17 bits per heavy atom. The molecule has 0 bridgehead atoms. The van der Waals surface area contributed by atoms with Crippen LogP contribution in [-0.4, -0.2) is 44.4 Å². The van der Waals surface area contributed by atoms with E-state index < -0.39 is 9.84 Å². The van der Waals surface area contributed by atoms with Crippen molar-refractivity contribution in [3.05, 3.63) is 29.8 Å². The molecule has 3 amide bonds. The Labute approximate surface area is 141 Å². The van der Waals surface area contributed by atoms with Crippen molar-refractivity contribution in [1.29, 1.82) is 0 Å². The largest absolute Gasteiger partial charge is 0.334 e. The topological polar surface area (TPSA) is 95.6 Å². The molecule has 7 nitrogen and oxygen atoms in total. The summed E-state index contributed by atoms with van der Waals surface area (Å²) in [5.74, 6) is 0.261. The van der Waals surface area contributed by atoms with Crippen LogP contribution < -0.4 is 15.5 Å². The minimum Gasteiger partial charge on any atom is -0.334 e. The molecular weight excluding hydrogens is 330 g/mol. The van der Waals surface area contributed by atoms with Crippen molar-refractivity contribution in [2.75, 3.05) is 23.0 Å². The quantitative estimate of drug-likeness (QED) is 0.839. The van der Waals surface area contributed by atoms with Crippen molar-refractivity contribution in [1.82, 2.24) is 10.6 Å². The number of carbonyl (C=O) groups excluding carboxylic acids is 2. The van der Waals surface area contributed by atoms with Crippen molar-refractivity contribution in [2.24, 2.45) is 0 Å². The SMILES string of the molecule is O=C(NCc1cccc(N2CCCC2=O)c1)NC1CCS(=O)(=O)C1. The zero-order valence-corrected chi connectivity index (χ0v) is 14.1. The molecule has 2 heterocycles. The smallest absolute Gasteiger partial charge is 0.315 e. The van der Waals surface area contributed by atoms with Gasteiger partial charge in [-0.2, -0.15) is 0 Å². The highest BCUT2D eigenvalue weighted by molar-refractivity contribution is 7.91. The zero-order chi connectivity index (χ0) is 17.2. The van der Waals surface area contributed by atoms with Crippen LogP contribution in [0.3, 0.4) is 0 Å². The van der Waals surface area contributed by atoms with Gasteiger partial charge in [-0.3, -0.25) is 4.79 Å². The highest BCUT2D eigenvalue weighted by Crippen LogP contribution is 2.22. The Morgan fingerprint density at radius 3 is 2.83 bits per heavy atom. The van der Waals surface area contributed by atoms with Crippen LogP contribution in [0.5, 0.6) is 0 Å². The van der Waals surface area contributed by atoms with Crippen LogP contribution in [0.25, 0.3) is 0 Å². The third kappa shape index (κ3) is 4.05. The number of carbonyl (C=O) groups is 2. The van der Waals surface area contributed by atoms with Gasteiger partial charge in [-0.05, 0) is 30.5 Å². The number of sulfone groups is 1. The number of benzene rings is 1. The van der Waals surface area contributed by atoms with Gasteiger partial charge in [-0.25, -0.2) is 13.2 Å². The van der Waals surface area contributed by atoms with Gasteiger partial charge in [-0.15, -0.1) is 0 Å². The van der Waals surface area contributed by atoms with E-state index in [0.29, 0.717) is 19.4 Å². The van der Waals surface area contributed by atoms with Crippen LogP contribution in [0.2, 0.25) is 0 Å². The predicted molar refractivity (Wildman–Crippen MR) is 90.5 cm³/mol. The van der Waals surface area contributed by atoms with E-state index in [-0.39, 0.29) is 29.5 Å². The van der Waals surface area contributed by atoms with Crippen LogP contribution in [0.4, 0.5) is 10.5 Å². The molecule has 130 valence electrons. The lowest BCUT2D eigenvalue weighted by Gasteiger charge is -2.17. The average molecular weight is 351 g/mol. The predicted octanol–water partition coefficient (Wildman–Crippen LogP) is 0.800. The monoisotopic (exact) mass is 351 g/mol. The van der Waals surface area contributed by atoms with E-state index in [9.17, 15) is 18.0 Å². The minimum atomic E-state index is -3.01. The van der Waals surface area contributed by atoms with Gasteiger partial charge < -0.3 is 15.5 Å². The number of rotatable bonds is 4. The lowest BCUT2D eigenvalue weighted by Crippen LogP contribution is -2.42. The molecule has 2 N–H and O–H groups in total. The Balaban J connectivity index is 1.53. The fourth-order valence-corrected chi connectivity index (χ4v) is 4.76. The van der Waals surface area contributed by atoms with Crippen molar-refractivity contribution >= 4 is 27.5 Å². The Morgan fingerprint density at radius 1 is 1.33 bits per heavy atom. The fourth-order valence-electron chi connectivity index (χ4n) is 3.08. The molecule has 1 atom stereocenters. The van der Waals surface area contributed by atoms with Crippen LogP contribution in [-0.2, 0) is 21.2 Å². The Kier molecular flexibility index (Phi) is 4.75. The van der Waals surface area contributed by atoms with Gasteiger partial charge in [0.25, 0.3) is 0 Å². The third-order valence-electron chi connectivity index (χ3n) is 4.32. The first kappa shape index (κ1) is 16.8. The summed E-state index contributed by atoms with van der Waals surface area (Å²) in [6.45, 7) is 1.05. The number of urea groups is 1. The molecule has 2 aliphatic rings. The summed E-state index contributed by atoms with van der Waals surface area (Å²) in [5, 5.41) is 5.42. The van der Waals surface area contributed by atoms with E-state index in [1.165, 1.54) is 0 Å². The van der Waals surface area contributed by atoms with Gasteiger partial charge in [0.2, 0.25) is 5.91 Å². The molecule has 3 rings (SSSR count). The van der Waals surface area contributed by atoms with E-state index >= 15 is 0 Å². The van der Waals surface area contributed by atoms with Gasteiger partial charge >= 0.3 is 6.03 Å². The lowest BCUT2D eigenvalue weighted by molar-refractivity contribution is -0.117. The molecule has 2 fully saturated rings. The summed E-state index contributed by atoms with van der Waals surface area (Å²) in [6, 6.07) is 6.83. The van der Waals surface area contributed by atoms with Crippen LogP contribution in [0.15, 0.2) is 24.3 Å². The molecule has 0 saturated carbocycles. The van der Waals surface area contributed by atoms with Crippen molar-refractivity contribution in [3.63, 3.8) is 0 Å². The van der Waals surface area contributed by atoms with Gasteiger partial charge in [0.15, 0.2) is 9.84 Å². The summed E-state index contributed by atoms with van der Waals surface area (Å²) in [4.78, 5) is 25.4. The third-order valence-corrected chi connectivity index (χ3v) is 6.08. The first-order chi connectivity index (χ1) is 11.4. The zero-order valence-electron chi connectivity index (χ0n) is 13.3. The molecule has 0 spiro atoms. The normalized spacial score (nSPS) is 22.6. The maximum Gasteiger partial charge on any atom is 0.315 e. The molecule has 1 aromatic carbocycles. The molecular formula is C16H21N3O4S. The van der Waals surface area contributed by atoms with E-state index in [2.05, 4.69) is 10.6 Å². The molecule has 24 heavy (non-hydrogen) atoms. The molecule has 8 heteroatoms. The summed E-state index contributed by atoms with van der Waals surface area (Å²) in [6.07, 6.45) is 1.91. The van der Waals surface area contributed by atoms with Crippen LogP contribution in [0, 0.1) is 0 Å². The van der Waals surface area contributed by atoms with E-state index in [1.807, 2.05) is 24.3 Å². The number of amides is 3. The highest BCUT2D eigenvalue weighted by Gasteiger charge is 2.28. The number of nitrogens with zero attached hydrogens (tertiary/aromatic N) is 1. The van der Waals surface area contributed by atoms with Crippen molar-refractivity contribution in [3.8, 4) is 0 Å². The standard InChI is InChI=1S/C16H21N3O4S/c20-15-5-2-7-19(15)14-4-1-3-12(9-14)10-17-16(21)18-13-6-8-24(22,23)11-13/h1,3-4,9,13H,2,5-8,10-11H2,(H2,17,18,21).